The summed E-state index contributed by atoms with van der Waals surface area (Å²) in [5, 5.41) is 6.71. The van der Waals surface area contributed by atoms with Crippen LogP contribution in [0.25, 0.3) is 0 Å². The molecule has 4 rings (SSSR count). The number of hydrogen-bond donors (Lipinski definition) is 2. The molecule has 14 heteroatoms. The highest BCUT2D eigenvalue weighted by atomic mass is 32.2. The van der Waals surface area contributed by atoms with E-state index in [1.54, 1.807) is 4.90 Å². The molecular formula is C20H25F3N6O4S. The number of H-pyrrole nitrogens is 1. The largest absolute Gasteiger partial charge is 0.573 e. The summed E-state index contributed by atoms with van der Waals surface area (Å²) in [6, 6.07) is 4.01. The van der Waals surface area contributed by atoms with Crippen LogP contribution >= 0.6 is 0 Å². The Balaban J connectivity index is 1.23. The van der Waals surface area contributed by atoms with Crippen LogP contribution in [0.4, 0.5) is 18.0 Å². The number of piperidine rings is 1. The summed E-state index contributed by atoms with van der Waals surface area (Å²) in [6.45, 7) is 2.47. The molecule has 2 saturated heterocycles. The summed E-state index contributed by atoms with van der Waals surface area (Å²) in [5.74, 6) is 0.483. The zero-order chi connectivity index (χ0) is 24.3. The van der Waals surface area contributed by atoms with Gasteiger partial charge in [0.1, 0.15) is 17.9 Å². The number of carbonyl (C=O) groups is 1. The van der Waals surface area contributed by atoms with Crippen LogP contribution in [0, 0.1) is 5.92 Å². The number of sulfonamides is 1. The Morgan fingerprint density at radius 3 is 2.41 bits per heavy atom. The molecule has 3 heterocycles. The molecule has 2 aliphatic rings. The van der Waals surface area contributed by atoms with Crippen LogP contribution in [0.3, 0.4) is 0 Å². The van der Waals surface area contributed by atoms with E-state index in [1.807, 2.05) is 4.90 Å². The van der Waals surface area contributed by atoms with Crippen molar-refractivity contribution >= 4 is 16.1 Å². The summed E-state index contributed by atoms with van der Waals surface area (Å²) in [7, 11) is -3.88. The van der Waals surface area contributed by atoms with Crippen LogP contribution in [-0.4, -0.2) is 78.5 Å². The first kappa shape index (κ1) is 24.3. The van der Waals surface area contributed by atoms with Gasteiger partial charge in [-0.1, -0.05) is 0 Å². The number of alkyl halides is 3. The van der Waals surface area contributed by atoms with Gasteiger partial charge in [0.15, 0.2) is 0 Å². The molecule has 186 valence electrons. The summed E-state index contributed by atoms with van der Waals surface area (Å²) in [4.78, 5) is 20.5. The number of likely N-dealkylation sites (tertiary alicyclic amines) is 2. The molecule has 0 saturated carbocycles. The second-order valence-electron chi connectivity index (χ2n) is 8.39. The van der Waals surface area contributed by atoms with Crippen molar-refractivity contribution in [1.29, 1.82) is 0 Å². The molecule has 2 aromatic rings. The van der Waals surface area contributed by atoms with E-state index in [2.05, 4.69) is 24.6 Å². The Morgan fingerprint density at radius 2 is 1.79 bits per heavy atom. The predicted molar refractivity (Wildman–Crippen MR) is 113 cm³/mol. The van der Waals surface area contributed by atoms with Gasteiger partial charge in [0.05, 0.1) is 4.90 Å². The van der Waals surface area contributed by atoms with Crippen LogP contribution in [0.2, 0.25) is 0 Å². The first-order chi connectivity index (χ1) is 16.1. The number of carbonyl (C=O) groups excluding carboxylic acids is 1. The van der Waals surface area contributed by atoms with Crippen LogP contribution in [0.15, 0.2) is 35.5 Å². The average Bonchev–Trinajstić information content (AvgIpc) is 3.49. The second kappa shape index (κ2) is 9.78. The van der Waals surface area contributed by atoms with E-state index in [4.69, 9.17) is 0 Å². The van der Waals surface area contributed by atoms with Crippen molar-refractivity contribution < 1.29 is 31.1 Å². The van der Waals surface area contributed by atoms with Crippen molar-refractivity contribution in [3.8, 4) is 5.75 Å². The van der Waals surface area contributed by atoms with Crippen molar-refractivity contribution in [2.24, 2.45) is 5.92 Å². The first-order valence-corrected chi connectivity index (χ1v) is 12.3. The third-order valence-electron chi connectivity index (χ3n) is 6.09. The quantitative estimate of drug-likeness (QED) is 0.626. The number of hydrogen-bond acceptors (Lipinski definition) is 6. The number of benzene rings is 1. The van der Waals surface area contributed by atoms with E-state index < -0.39 is 22.1 Å². The molecule has 1 atom stereocenters. The zero-order valence-electron chi connectivity index (χ0n) is 18.2. The molecule has 1 aromatic heterocycles. The van der Waals surface area contributed by atoms with Crippen LogP contribution in [0.5, 0.6) is 5.75 Å². The fourth-order valence-corrected chi connectivity index (χ4v) is 5.34. The number of ether oxygens (including phenoxy) is 1. The van der Waals surface area contributed by atoms with Crippen molar-refractivity contribution in [1.82, 2.24) is 29.7 Å². The molecule has 2 amide bonds. The smallest absolute Gasteiger partial charge is 0.406 e. The van der Waals surface area contributed by atoms with Crippen molar-refractivity contribution in [2.45, 2.75) is 36.4 Å². The molecule has 0 aliphatic carbocycles. The van der Waals surface area contributed by atoms with Crippen LogP contribution in [0.1, 0.15) is 31.0 Å². The zero-order valence-corrected chi connectivity index (χ0v) is 19.0. The minimum atomic E-state index is -4.84. The summed E-state index contributed by atoms with van der Waals surface area (Å²) in [5.41, 5.74) is 0. The lowest BCUT2D eigenvalue weighted by Gasteiger charge is -2.34. The van der Waals surface area contributed by atoms with Crippen molar-refractivity contribution in [3.05, 3.63) is 36.4 Å². The Labute approximate surface area is 194 Å². The molecule has 2 fully saturated rings. The lowest BCUT2D eigenvalue weighted by atomic mass is 9.97. The molecule has 10 nitrogen and oxygen atoms in total. The molecule has 34 heavy (non-hydrogen) atoms. The van der Waals surface area contributed by atoms with Gasteiger partial charge in [-0.15, -0.1) is 13.2 Å². The number of nitrogens with one attached hydrogen (secondary N) is 2. The van der Waals surface area contributed by atoms with Gasteiger partial charge in [-0.2, -0.15) is 5.10 Å². The molecule has 1 aromatic carbocycles. The lowest BCUT2D eigenvalue weighted by molar-refractivity contribution is -0.274. The van der Waals surface area contributed by atoms with Crippen LogP contribution < -0.4 is 9.46 Å². The summed E-state index contributed by atoms with van der Waals surface area (Å²) in [6.07, 6.45) is -1.28. The van der Waals surface area contributed by atoms with E-state index in [0.29, 0.717) is 39.0 Å². The normalized spacial score (nSPS) is 20.0. The highest BCUT2D eigenvalue weighted by molar-refractivity contribution is 7.89. The average molecular weight is 503 g/mol. The number of amides is 2. The minimum absolute atomic E-state index is 0.0257. The van der Waals surface area contributed by atoms with Gasteiger partial charge in [-0.3, -0.25) is 5.10 Å². The monoisotopic (exact) mass is 502 g/mol. The Bertz CT molecular complexity index is 1070. The van der Waals surface area contributed by atoms with Gasteiger partial charge < -0.3 is 14.5 Å². The van der Waals surface area contributed by atoms with Gasteiger partial charge in [-0.05, 0) is 49.4 Å². The lowest BCUT2D eigenvalue weighted by Crippen LogP contribution is -2.47. The van der Waals surface area contributed by atoms with E-state index >= 15 is 0 Å². The maximum atomic E-state index is 12.9. The molecule has 2 N–H and O–H groups in total. The fourth-order valence-electron chi connectivity index (χ4n) is 4.23. The third-order valence-corrected chi connectivity index (χ3v) is 7.53. The fraction of sp³-hybridized carbons (Fsp3) is 0.550. The van der Waals surface area contributed by atoms with Gasteiger partial charge in [0.2, 0.25) is 10.0 Å². The molecule has 0 radical (unpaired) electrons. The SMILES string of the molecule is O=C(N1CCC(CNS(=O)(=O)c2ccc(OC(F)(F)F)cc2)CC1)N1CC[C@H](c2ncn[nH]2)C1. The number of aromatic amines is 1. The van der Waals surface area contributed by atoms with Crippen LogP contribution in [-0.2, 0) is 10.0 Å². The van der Waals surface area contributed by atoms with Gasteiger partial charge in [0.25, 0.3) is 0 Å². The summed E-state index contributed by atoms with van der Waals surface area (Å²) >= 11 is 0. The van der Waals surface area contributed by atoms with Crippen molar-refractivity contribution in [3.63, 3.8) is 0 Å². The minimum Gasteiger partial charge on any atom is -0.406 e. The van der Waals surface area contributed by atoms with E-state index in [0.717, 1.165) is 36.5 Å². The molecule has 0 spiro atoms. The molecular weight excluding hydrogens is 477 g/mol. The number of halogens is 3. The summed E-state index contributed by atoms with van der Waals surface area (Å²) < 4.78 is 68.0. The van der Waals surface area contributed by atoms with Gasteiger partial charge >= 0.3 is 12.4 Å². The Morgan fingerprint density at radius 1 is 1.12 bits per heavy atom. The van der Waals surface area contributed by atoms with E-state index in [-0.39, 0.29) is 29.3 Å². The highest BCUT2D eigenvalue weighted by Crippen LogP contribution is 2.27. The maximum Gasteiger partial charge on any atom is 0.573 e. The van der Waals surface area contributed by atoms with Gasteiger partial charge in [-0.25, -0.2) is 22.9 Å². The van der Waals surface area contributed by atoms with Gasteiger partial charge in [0, 0.05) is 38.6 Å². The standard InChI is InChI=1S/C20H25F3N6O4S/c21-20(22,23)33-16-1-3-17(4-2-16)34(31,32)26-11-14-5-8-28(9-6-14)19(30)29-10-7-15(12-29)18-24-13-25-27-18/h1-4,13-15,26H,5-12H2,(H,24,25,27)/t15-/m0/s1. The third kappa shape index (κ3) is 5.97. The second-order valence-corrected chi connectivity index (χ2v) is 10.2. The number of urea groups is 1. The molecule has 0 unspecified atom stereocenters. The topological polar surface area (TPSA) is 121 Å². The number of aromatic nitrogens is 3. The number of rotatable bonds is 6. The Kier molecular flexibility index (Phi) is 6.98. The van der Waals surface area contributed by atoms with Crippen molar-refractivity contribution in [2.75, 3.05) is 32.7 Å². The molecule has 0 bridgehead atoms. The number of nitrogens with zero attached hydrogens (tertiary/aromatic N) is 4. The molecule has 2 aliphatic heterocycles. The maximum absolute atomic E-state index is 12.9. The van der Waals surface area contributed by atoms with E-state index in [1.165, 1.54) is 6.33 Å². The first-order valence-electron chi connectivity index (χ1n) is 10.9. The highest BCUT2D eigenvalue weighted by Gasteiger charge is 2.33. The predicted octanol–water partition coefficient (Wildman–Crippen LogP) is 2.30. The Hall–Kier alpha value is -2.87. The van der Waals surface area contributed by atoms with E-state index in [9.17, 15) is 26.4 Å².